The van der Waals surface area contributed by atoms with Crippen molar-refractivity contribution in [3.05, 3.63) is 23.9 Å². The van der Waals surface area contributed by atoms with E-state index in [2.05, 4.69) is 10.3 Å². The third-order valence-corrected chi connectivity index (χ3v) is 2.17. The minimum absolute atomic E-state index is 0.0691. The topological polar surface area (TPSA) is 77.2 Å². The highest BCUT2D eigenvalue weighted by Gasteiger charge is 2.05. The number of nitrogens with zero attached hydrogens (tertiary/aromatic N) is 1. The molecule has 0 bridgehead atoms. The Morgan fingerprint density at radius 3 is 2.88 bits per heavy atom. The molecule has 1 unspecified atom stereocenters. The molecule has 3 N–H and O–H groups in total. The first-order valence-corrected chi connectivity index (χ1v) is 5.12. The standard InChI is InChI=1S/C11H17N3O2/c1-8(5-10(12)15)13-6-9-3-4-11(16-2)14-7-9/h3-4,7-8,13H,5-6H2,1-2H3,(H2,12,15). The van der Waals surface area contributed by atoms with Crippen LogP contribution in [0.5, 0.6) is 5.88 Å². The highest BCUT2D eigenvalue weighted by Crippen LogP contribution is 2.06. The monoisotopic (exact) mass is 223 g/mol. The maximum absolute atomic E-state index is 10.7. The van der Waals surface area contributed by atoms with Gasteiger partial charge >= 0.3 is 0 Å². The fourth-order valence-corrected chi connectivity index (χ4v) is 1.30. The van der Waals surface area contributed by atoms with Crippen molar-refractivity contribution in [2.24, 2.45) is 5.73 Å². The van der Waals surface area contributed by atoms with E-state index in [9.17, 15) is 4.79 Å². The summed E-state index contributed by atoms with van der Waals surface area (Å²) in [5, 5.41) is 3.19. The van der Waals surface area contributed by atoms with Gasteiger partial charge in [0.2, 0.25) is 11.8 Å². The molecule has 0 aliphatic heterocycles. The molecule has 1 atom stereocenters. The van der Waals surface area contributed by atoms with Crippen LogP contribution < -0.4 is 15.8 Å². The van der Waals surface area contributed by atoms with Crippen LogP contribution in [0.4, 0.5) is 0 Å². The van der Waals surface area contributed by atoms with Crippen LogP contribution in [0.25, 0.3) is 0 Å². The lowest BCUT2D eigenvalue weighted by molar-refractivity contribution is -0.118. The number of carbonyl (C=O) groups is 1. The van der Waals surface area contributed by atoms with E-state index >= 15 is 0 Å². The number of carbonyl (C=O) groups excluding carboxylic acids is 1. The Labute approximate surface area is 95.0 Å². The molecule has 1 amide bonds. The summed E-state index contributed by atoms with van der Waals surface area (Å²) in [4.78, 5) is 14.7. The molecule has 88 valence electrons. The Bertz CT molecular complexity index is 338. The van der Waals surface area contributed by atoms with Gasteiger partial charge in [-0.15, -0.1) is 0 Å². The minimum Gasteiger partial charge on any atom is -0.481 e. The van der Waals surface area contributed by atoms with E-state index in [1.807, 2.05) is 13.0 Å². The van der Waals surface area contributed by atoms with Gasteiger partial charge in [0, 0.05) is 31.3 Å². The Hall–Kier alpha value is -1.62. The fourth-order valence-electron chi connectivity index (χ4n) is 1.30. The highest BCUT2D eigenvalue weighted by atomic mass is 16.5. The zero-order chi connectivity index (χ0) is 12.0. The van der Waals surface area contributed by atoms with E-state index in [1.165, 1.54) is 0 Å². The number of hydrogen-bond acceptors (Lipinski definition) is 4. The van der Waals surface area contributed by atoms with Crippen LogP contribution in [0, 0.1) is 0 Å². The molecule has 0 fully saturated rings. The molecule has 0 radical (unpaired) electrons. The summed E-state index contributed by atoms with van der Waals surface area (Å²) < 4.78 is 4.95. The molecule has 5 nitrogen and oxygen atoms in total. The number of methoxy groups -OCH3 is 1. The molecule has 1 aromatic heterocycles. The third-order valence-electron chi connectivity index (χ3n) is 2.17. The number of nitrogens with two attached hydrogens (primary N) is 1. The van der Waals surface area contributed by atoms with E-state index in [0.717, 1.165) is 5.56 Å². The predicted octanol–water partition coefficient (Wildman–Crippen LogP) is 0.444. The van der Waals surface area contributed by atoms with Crippen LogP contribution in [-0.2, 0) is 11.3 Å². The largest absolute Gasteiger partial charge is 0.481 e. The van der Waals surface area contributed by atoms with Gasteiger partial charge in [0.15, 0.2) is 0 Å². The smallest absolute Gasteiger partial charge is 0.218 e. The van der Waals surface area contributed by atoms with Crippen molar-refractivity contribution in [2.45, 2.75) is 25.9 Å². The molecule has 0 spiro atoms. The quantitative estimate of drug-likeness (QED) is 0.733. The predicted molar refractivity (Wildman–Crippen MR) is 60.9 cm³/mol. The van der Waals surface area contributed by atoms with E-state index in [4.69, 9.17) is 10.5 Å². The Balaban J connectivity index is 2.39. The second-order valence-electron chi connectivity index (χ2n) is 3.66. The van der Waals surface area contributed by atoms with Gasteiger partial charge in [0.05, 0.1) is 7.11 Å². The van der Waals surface area contributed by atoms with E-state index in [1.54, 1.807) is 19.4 Å². The number of amides is 1. The summed E-state index contributed by atoms with van der Waals surface area (Å²) in [5.74, 6) is 0.293. The molecule has 0 aliphatic carbocycles. The average Bonchev–Trinajstić information content (AvgIpc) is 2.26. The van der Waals surface area contributed by atoms with Gasteiger partial charge < -0.3 is 15.8 Å². The first-order chi connectivity index (χ1) is 7.61. The number of pyridine rings is 1. The van der Waals surface area contributed by atoms with E-state index in [0.29, 0.717) is 18.8 Å². The van der Waals surface area contributed by atoms with Gasteiger partial charge in [-0.2, -0.15) is 0 Å². The van der Waals surface area contributed by atoms with Gasteiger partial charge in [-0.05, 0) is 12.5 Å². The SMILES string of the molecule is COc1ccc(CNC(C)CC(N)=O)cn1. The molecule has 0 saturated heterocycles. The number of nitrogens with one attached hydrogen (secondary N) is 1. The number of aromatic nitrogens is 1. The zero-order valence-corrected chi connectivity index (χ0v) is 9.56. The molecule has 1 rings (SSSR count). The summed E-state index contributed by atoms with van der Waals surface area (Å²) >= 11 is 0. The summed E-state index contributed by atoms with van der Waals surface area (Å²) in [6.07, 6.45) is 2.08. The van der Waals surface area contributed by atoms with Crippen LogP contribution in [0.1, 0.15) is 18.9 Å². The van der Waals surface area contributed by atoms with Crippen LogP contribution in [0.2, 0.25) is 0 Å². The average molecular weight is 223 g/mol. The van der Waals surface area contributed by atoms with Gasteiger partial charge in [-0.3, -0.25) is 4.79 Å². The Morgan fingerprint density at radius 1 is 1.62 bits per heavy atom. The van der Waals surface area contributed by atoms with Crippen molar-refractivity contribution in [3.8, 4) is 5.88 Å². The number of hydrogen-bond donors (Lipinski definition) is 2. The Morgan fingerprint density at radius 2 is 2.38 bits per heavy atom. The number of ether oxygens (including phenoxy) is 1. The van der Waals surface area contributed by atoms with Crippen LogP contribution in [-0.4, -0.2) is 24.0 Å². The first-order valence-electron chi connectivity index (χ1n) is 5.12. The van der Waals surface area contributed by atoms with Crippen LogP contribution in [0.3, 0.4) is 0 Å². The zero-order valence-electron chi connectivity index (χ0n) is 9.56. The second-order valence-corrected chi connectivity index (χ2v) is 3.66. The molecule has 5 heteroatoms. The Kier molecular flexibility index (Phi) is 4.72. The van der Waals surface area contributed by atoms with E-state index in [-0.39, 0.29) is 11.9 Å². The molecule has 1 heterocycles. The van der Waals surface area contributed by atoms with Gasteiger partial charge in [-0.25, -0.2) is 4.98 Å². The molecule has 1 aromatic rings. The molecule has 16 heavy (non-hydrogen) atoms. The van der Waals surface area contributed by atoms with Crippen molar-refractivity contribution in [1.82, 2.24) is 10.3 Å². The third kappa shape index (κ3) is 4.27. The molecule has 0 saturated carbocycles. The first kappa shape index (κ1) is 12.4. The molecule has 0 aliphatic rings. The van der Waals surface area contributed by atoms with E-state index < -0.39 is 0 Å². The highest BCUT2D eigenvalue weighted by molar-refractivity contribution is 5.74. The normalized spacial score (nSPS) is 12.1. The van der Waals surface area contributed by atoms with Crippen molar-refractivity contribution in [1.29, 1.82) is 0 Å². The fraction of sp³-hybridized carbons (Fsp3) is 0.455. The summed E-state index contributed by atoms with van der Waals surface area (Å²) in [7, 11) is 1.58. The van der Waals surface area contributed by atoms with Crippen molar-refractivity contribution in [2.75, 3.05) is 7.11 Å². The lowest BCUT2D eigenvalue weighted by Crippen LogP contribution is -2.30. The maximum atomic E-state index is 10.7. The summed E-state index contributed by atoms with van der Waals surface area (Å²) in [6, 6.07) is 3.80. The van der Waals surface area contributed by atoms with Crippen molar-refractivity contribution in [3.63, 3.8) is 0 Å². The second kappa shape index (κ2) is 6.07. The molecule has 0 aromatic carbocycles. The lowest BCUT2D eigenvalue weighted by atomic mass is 10.2. The molecular formula is C11H17N3O2. The number of rotatable bonds is 6. The van der Waals surface area contributed by atoms with Crippen LogP contribution >= 0.6 is 0 Å². The number of primary amides is 1. The lowest BCUT2D eigenvalue weighted by Gasteiger charge is -2.11. The van der Waals surface area contributed by atoms with Crippen molar-refractivity contribution < 1.29 is 9.53 Å². The summed E-state index contributed by atoms with van der Waals surface area (Å²) in [6.45, 7) is 2.58. The van der Waals surface area contributed by atoms with Gasteiger partial charge in [0.1, 0.15) is 0 Å². The van der Waals surface area contributed by atoms with Gasteiger partial charge in [0.25, 0.3) is 0 Å². The summed E-state index contributed by atoms with van der Waals surface area (Å²) in [5.41, 5.74) is 6.13. The minimum atomic E-state index is -0.298. The van der Waals surface area contributed by atoms with Gasteiger partial charge in [-0.1, -0.05) is 6.07 Å². The molecular weight excluding hydrogens is 206 g/mol. The van der Waals surface area contributed by atoms with Crippen LogP contribution in [0.15, 0.2) is 18.3 Å². The van der Waals surface area contributed by atoms with Crippen molar-refractivity contribution >= 4 is 5.91 Å². The maximum Gasteiger partial charge on any atom is 0.218 e.